The summed E-state index contributed by atoms with van der Waals surface area (Å²) >= 11 is 0. The van der Waals surface area contributed by atoms with E-state index in [1.165, 1.54) is 24.7 Å². The Morgan fingerprint density at radius 1 is 1.41 bits per heavy atom. The van der Waals surface area contributed by atoms with E-state index in [2.05, 4.69) is 10.1 Å². The number of nitrogens with zero attached hydrogens (tertiary/aromatic N) is 4. The Hall–Kier alpha value is -2.19. The van der Waals surface area contributed by atoms with Crippen molar-refractivity contribution in [2.75, 3.05) is 0 Å². The lowest BCUT2D eigenvalue weighted by molar-refractivity contribution is 0.0120. The van der Waals surface area contributed by atoms with Crippen LogP contribution in [0.2, 0.25) is 0 Å². The molecule has 0 aliphatic rings. The maximum Gasteiger partial charge on any atom is 0.289 e. The zero-order valence-corrected chi connectivity index (χ0v) is 12.1. The van der Waals surface area contributed by atoms with E-state index in [1.807, 2.05) is 0 Å². The first-order chi connectivity index (χ1) is 10.1. The number of ketones is 1. The van der Waals surface area contributed by atoms with Crippen LogP contribution in [0.15, 0.2) is 12.4 Å². The molecule has 0 atom stereocenters. The van der Waals surface area contributed by atoms with Crippen LogP contribution in [0.3, 0.4) is 0 Å². The van der Waals surface area contributed by atoms with Gasteiger partial charge < -0.3 is 4.57 Å². The number of halogens is 4. The lowest BCUT2D eigenvalue weighted by Gasteiger charge is -2.10. The molecule has 0 N–H and O–H groups in total. The highest BCUT2D eigenvalue weighted by atomic mass is 19.3. The largest absolute Gasteiger partial charge is 0.325 e. The van der Waals surface area contributed by atoms with E-state index in [1.54, 1.807) is 0 Å². The molecule has 0 fully saturated rings. The van der Waals surface area contributed by atoms with E-state index in [0.29, 0.717) is 6.92 Å². The Bertz CT molecular complexity index is 699. The van der Waals surface area contributed by atoms with Crippen LogP contribution in [-0.4, -0.2) is 31.5 Å². The number of carbonyl (C=O) groups excluding carboxylic acids is 1. The summed E-state index contributed by atoms with van der Waals surface area (Å²) in [6.07, 6.45) is -0.361. The molecular weight excluding hydrogens is 304 g/mol. The zero-order chi connectivity index (χ0) is 16.7. The van der Waals surface area contributed by atoms with E-state index < -0.39 is 24.6 Å². The van der Waals surface area contributed by atoms with E-state index in [-0.39, 0.29) is 22.9 Å². The number of aromatic nitrogens is 4. The smallest absolute Gasteiger partial charge is 0.289 e. The van der Waals surface area contributed by atoms with Gasteiger partial charge in [0.1, 0.15) is 12.2 Å². The molecule has 0 aliphatic heterocycles. The highest BCUT2D eigenvalue weighted by molar-refractivity contribution is 5.91. The van der Waals surface area contributed by atoms with Gasteiger partial charge in [-0.25, -0.2) is 13.8 Å². The molecule has 120 valence electrons. The molecule has 22 heavy (non-hydrogen) atoms. The summed E-state index contributed by atoms with van der Waals surface area (Å²) in [5, 5.41) is 3.55. The normalized spacial score (nSPS) is 12.2. The molecule has 2 aromatic heterocycles. The van der Waals surface area contributed by atoms with Gasteiger partial charge in [0.15, 0.2) is 11.6 Å². The predicted octanol–water partition coefficient (Wildman–Crippen LogP) is 2.86. The molecule has 0 amide bonds. The maximum absolute atomic E-state index is 13.7. The minimum atomic E-state index is -3.32. The third-order valence-corrected chi connectivity index (χ3v) is 3.08. The molecule has 0 bridgehead atoms. The average molecular weight is 318 g/mol. The Labute approximate surface area is 123 Å². The number of hydrogen-bond donors (Lipinski definition) is 0. The quantitative estimate of drug-likeness (QED) is 0.629. The zero-order valence-electron chi connectivity index (χ0n) is 12.1. The summed E-state index contributed by atoms with van der Waals surface area (Å²) in [6, 6.07) is 0. The average Bonchev–Trinajstić information content (AvgIpc) is 2.91. The molecule has 0 unspecified atom stereocenters. The van der Waals surface area contributed by atoms with Gasteiger partial charge in [-0.1, -0.05) is 0 Å². The summed E-state index contributed by atoms with van der Waals surface area (Å²) in [7, 11) is 1.49. The molecule has 2 heterocycles. The Morgan fingerprint density at radius 3 is 2.50 bits per heavy atom. The molecule has 5 nitrogen and oxygen atoms in total. The molecule has 0 saturated carbocycles. The first-order valence-corrected chi connectivity index (χ1v) is 6.38. The van der Waals surface area contributed by atoms with Crippen molar-refractivity contribution in [2.45, 2.75) is 32.7 Å². The fourth-order valence-corrected chi connectivity index (χ4v) is 2.15. The lowest BCUT2D eigenvalue weighted by atomic mass is 10.1. The highest BCUT2D eigenvalue weighted by Crippen LogP contribution is 2.34. The fraction of sp³-hybridized carbons (Fsp3) is 0.462. The van der Waals surface area contributed by atoms with Crippen LogP contribution >= 0.6 is 0 Å². The number of rotatable bonds is 5. The van der Waals surface area contributed by atoms with Crippen molar-refractivity contribution in [1.82, 2.24) is 19.3 Å². The third-order valence-electron chi connectivity index (χ3n) is 3.08. The minimum Gasteiger partial charge on any atom is -0.325 e. The van der Waals surface area contributed by atoms with Crippen molar-refractivity contribution in [3.63, 3.8) is 0 Å². The van der Waals surface area contributed by atoms with Crippen molar-refractivity contribution in [2.24, 2.45) is 7.05 Å². The second-order valence-corrected chi connectivity index (χ2v) is 4.98. The van der Waals surface area contributed by atoms with Gasteiger partial charge >= 0.3 is 0 Å². The molecule has 2 rings (SSSR count). The SMILES string of the molecule is CC(=O)c1ncc(-c2cn(CC(F)F)nc2C(C)(F)F)n1C. The number of imidazole rings is 1. The van der Waals surface area contributed by atoms with Gasteiger partial charge in [0, 0.05) is 32.7 Å². The molecule has 0 aromatic carbocycles. The van der Waals surface area contributed by atoms with Crippen LogP contribution in [0.25, 0.3) is 11.3 Å². The van der Waals surface area contributed by atoms with Crippen LogP contribution in [0.1, 0.15) is 30.2 Å². The molecule has 0 radical (unpaired) electrons. The van der Waals surface area contributed by atoms with Crippen molar-refractivity contribution < 1.29 is 22.4 Å². The Morgan fingerprint density at radius 2 is 2.05 bits per heavy atom. The first-order valence-electron chi connectivity index (χ1n) is 6.38. The van der Waals surface area contributed by atoms with E-state index in [0.717, 1.165) is 10.9 Å². The lowest BCUT2D eigenvalue weighted by Crippen LogP contribution is -2.13. The standard InChI is InChI=1S/C13H14F4N4O/c1-7(22)12-18-4-9(20(12)3)8-5-21(6-10(14)15)19-11(8)13(2,16)17/h4-5,10H,6H2,1-3H3. The van der Waals surface area contributed by atoms with Crippen LogP contribution in [-0.2, 0) is 19.5 Å². The molecule has 2 aromatic rings. The summed E-state index contributed by atoms with van der Waals surface area (Å²) < 4.78 is 54.4. The van der Waals surface area contributed by atoms with Gasteiger partial charge in [-0.2, -0.15) is 13.9 Å². The fourth-order valence-electron chi connectivity index (χ4n) is 2.15. The van der Waals surface area contributed by atoms with Crippen LogP contribution in [0.4, 0.5) is 17.6 Å². The minimum absolute atomic E-state index is 0.0318. The third kappa shape index (κ3) is 3.02. The van der Waals surface area contributed by atoms with E-state index in [4.69, 9.17) is 0 Å². The Balaban J connectivity index is 2.58. The van der Waals surface area contributed by atoms with Gasteiger partial charge in [0.05, 0.1) is 11.9 Å². The topological polar surface area (TPSA) is 52.7 Å². The number of carbonyl (C=O) groups is 1. The van der Waals surface area contributed by atoms with Gasteiger partial charge in [-0.05, 0) is 0 Å². The number of hydrogen-bond acceptors (Lipinski definition) is 3. The molecular formula is C13H14F4N4O. The molecule has 9 heteroatoms. The van der Waals surface area contributed by atoms with E-state index in [9.17, 15) is 22.4 Å². The molecule has 0 aliphatic carbocycles. The first kappa shape index (κ1) is 16.2. The van der Waals surface area contributed by atoms with Crippen molar-refractivity contribution in [1.29, 1.82) is 0 Å². The van der Waals surface area contributed by atoms with Gasteiger partial charge in [0.2, 0.25) is 0 Å². The van der Waals surface area contributed by atoms with Crippen LogP contribution in [0, 0.1) is 0 Å². The van der Waals surface area contributed by atoms with Gasteiger partial charge in [-0.15, -0.1) is 0 Å². The van der Waals surface area contributed by atoms with Crippen molar-refractivity contribution in [3.8, 4) is 11.3 Å². The van der Waals surface area contributed by atoms with Gasteiger partial charge in [-0.3, -0.25) is 9.48 Å². The van der Waals surface area contributed by atoms with Crippen molar-refractivity contribution >= 4 is 5.78 Å². The van der Waals surface area contributed by atoms with Gasteiger partial charge in [0.25, 0.3) is 12.3 Å². The maximum atomic E-state index is 13.7. The second kappa shape index (κ2) is 5.54. The summed E-state index contributed by atoms with van der Waals surface area (Å²) in [4.78, 5) is 15.3. The number of Topliss-reactive ketones (excluding diaryl/α,β-unsaturated/α-hetero) is 1. The second-order valence-electron chi connectivity index (χ2n) is 4.98. The number of alkyl halides is 4. The van der Waals surface area contributed by atoms with Crippen molar-refractivity contribution in [3.05, 3.63) is 23.9 Å². The summed E-state index contributed by atoms with van der Waals surface area (Å²) in [5.41, 5.74) is -0.454. The van der Waals surface area contributed by atoms with Crippen LogP contribution in [0.5, 0.6) is 0 Å². The Kier molecular flexibility index (Phi) is 4.08. The summed E-state index contributed by atoms with van der Waals surface area (Å²) in [5.74, 6) is -3.57. The highest BCUT2D eigenvalue weighted by Gasteiger charge is 2.33. The predicted molar refractivity (Wildman–Crippen MR) is 70.0 cm³/mol. The molecule has 0 spiro atoms. The summed E-state index contributed by atoms with van der Waals surface area (Å²) in [6.45, 7) is 1.13. The van der Waals surface area contributed by atoms with Crippen LogP contribution < -0.4 is 0 Å². The van der Waals surface area contributed by atoms with E-state index >= 15 is 0 Å². The molecule has 0 saturated heterocycles. The monoisotopic (exact) mass is 318 g/mol.